The van der Waals surface area contributed by atoms with Crippen LogP contribution in [0.15, 0.2) is 49.0 Å². The first kappa shape index (κ1) is 16.8. The number of rotatable bonds is 5. The van der Waals surface area contributed by atoms with Crippen LogP contribution in [0.4, 0.5) is 0 Å². The first-order valence-corrected chi connectivity index (χ1v) is 7.96. The van der Waals surface area contributed by atoms with E-state index in [0.717, 1.165) is 16.8 Å². The van der Waals surface area contributed by atoms with E-state index in [4.69, 9.17) is 9.47 Å². The third kappa shape index (κ3) is 3.13. The van der Waals surface area contributed by atoms with Crippen molar-refractivity contribution in [3.63, 3.8) is 0 Å². The van der Waals surface area contributed by atoms with Crippen molar-refractivity contribution in [2.24, 2.45) is 0 Å². The van der Waals surface area contributed by atoms with Crippen LogP contribution in [0.5, 0.6) is 5.75 Å². The number of aryl methyl sites for hydroxylation is 1. The van der Waals surface area contributed by atoms with Gasteiger partial charge in [0.05, 0.1) is 18.3 Å². The van der Waals surface area contributed by atoms with Crippen molar-refractivity contribution < 1.29 is 14.3 Å². The van der Waals surface area contributed by atoms with E-state index in [1.54, 1.807) is 11.4 Å². The Kier molecular flexibility index (Phi) is 4.57. The summed E-state index contributed by atoms with van der Waals surface area (Å²) in [4.78, 5) is 12.1. The Balaban J connectivity index is 2.06. The van der Waals surface area contributed by atoms with Crippen LogP contribution in [-0.4, -0.2) is 22.7 Å². The van der Waals surface area contributed by atoms with Crippen LogP contribution >= 0.6 is 0 Å². The molecular weight excluding hydrogens is 316 g/mol. The number of aromatic nitrogens is 2. The monoisotopic (exact) mass is 336 g/mol. The maximum atomic E-state index is 12.1. The van der Waals surface area contributed by atoms with E-state index in [1.807, 2.05) is 49.4 Å². The number of methoxy groups -OCH3 is 1. The normalized spacial score (nSPS) is 10.7. The van der Waals surface area contributed by atoms with E-state index in [0.29, 0.717) is 29.1 Å². The predicted octanol–water partition coefficient (Wildman–Crippen LogP) is 4.04. The number of fused-ring (bicyclic) bond motifs is 1. The Morgan fingerprint density at radius 2 is 1.92 bits per heavy atom. The van der Waals surface area contributed by atoms with Gasteiger partial charge in [-0.2, -0.15) is 5.10 Å². The van der Waals surface area contributed by atoms with Crippen molar-refractivity contribution in [1.29, 1.82) is 0 Å². The summed E-state index contributed by atoms with van der Waals surface area (Å²) in [7, 11) is 1.36. The van der Waals surface area contributed by atoms with Gasteiger partial charge < -0.3 is 9.47 Å². The van der Waals surface area contributed by atoms with Crippen molar-refractivity contribution >= 4 is 17.1 Å². The van der Waals surface area contributed by atoms with Crippen LogP contribution in [0.1, 0.15) is 34.2 Å². The lowest BCUT2D eigenvalue weighted by Gasteiger charge is -2.13. The van der Waals surface area contributed by atoms with Crippen molar-refractivity contribution in [2.75, 3.05) is 7.11 Å². The maximum absolute atomic E-state index is 12.1. The zero-order chi connectivity index (χ0) is 18.0. The van der Waals surface area contributed by atoms with Crippen molar-refractivity contribution in [1.82, 2.24) is 9.61 Å². The van der Waals surface area contributed by atoms with E-state index in [2.05, 4.69) is 11.7 Å². The lowest BCUT2D eigenvalue weighted by atomic mass is 10.1. The number of hydrogen-bond acceptors (Lipinski definition) is 4. The van der Waals surface area contributed by atoms with Gasteiger partial charge in [-0.1, -0.05) is 36.9 Å². The minimum atomic E-state index is -0.405. The van der Waals surface area contributed by atoms with Gasteiger partial charge >= 0.3 is 5.97 Å². The van der Waals surface area contributed by atoms with Crippen LogP contribution in [0.3, 0.4) is 0 Å². The van der Waals surface area contributed by atoms with Gasteiger partial charge in [0, 0.05) is 0 Å². The van der Waals surface area contributed by atoms with Gasteiger partial charge in [-0.15, -0.1) is 0 Å². The largest absolute Gasteiger partial charge is 0.487 e. The summed E-state index contributed by atoms with van der Waals surface area (Å²) in [5.41, 5.74) is 4.35. The highest BCUT2D eigenvalue weighted by molar-refractivity contribution is 5.98. The Morgan fingerprint density at radius 3 is 2.56 bits per heavy atom. The van der Waals surface area contributed by atoms with Gasteiger partial charge in [0.2, 0.25) is 0 Å². The van der Waals surface area contributed by atoms with Gasteiger partial charge in [-0.05, 0) is 37.1 Å². The summed E-state index contributed by atoms with van der Waals surface area (Å²) < 4.78 is 12.6. The summed E-state index contributed by atoms with van der Waals surface area (Å²) in [6.45, 7) is 8.15. The molecule has 2 aromatic heterocycles. The molecule has 0 fully saturated rings. The Labute approximate surface area is 146 Å². The third-order valence-corrected chi connectivity index (χ3v) is 3.96. The molecule has 5 nitrogen and oxygen atoms in total. The van der Waals surface area contributed by atoms with E-state index in [-0.39, 0.29) is 0 Å². The molecule has 1 aromatic carbocycles. The standard InChI is InChI=1S/C20H20N2O3/c1-13(2)19-17(25-12-15-8-6-5-7-9-15)11-10-16-18(20(23)24-4)14(3)21-22(16)19/h5-11H,1,12H2,2-4H3. The molecule has 5 heteroatoms. The number of benzene rings is 1. The maximum Gasteiger partial charge on any atom is 0.341 e. The van der Waals surface area contributed by atoms with Crippen LogP contribution < -0.4 is 4.74 Å². The van der Waals surface area contributed by atoms with E-state index in [1.165, 1.54) is 7.11 Å². The molecule has 128 valence electrons. The number of esters is 1. The lowest BCUT2D eigenvalue weighted by Crippen LogP contribution is -2.05. The Hall–Kier alpha value is -3.08. The number of carbonyl (C=O) groups is 1. The Morgan fingerprint density at radius 1 is 1.20 bits per heavy atom. The van der Waals surface area contributed by atoms with Crippen molar-refractivity contribution in [3.05, 3.63) is 71.6 Å². The number of carbonyl (C=O) groups excluding carboxylic acids is 1. The average molecular weight is 336 g/mol. The lowest BCUT2D eigenvalue weighted by molar-refractivity contribution is 0.0602. The summed E-state index contributed by atoms with van der Waals surface area (Å²) in [6.07, 6.45) is 0. The number of pyridine rings is 1. The molecule has 0 bridgehead atoms. The third-order valence-electron chi connectivity index (χ3n) is 3.96. The average Bonchev–Trinajstić information content (AvgIpc) is 2.95. The topological polar surface area (TPSA) is 52.8 Å². The van der Waals surface area contributed by atoms with Gasteiger partial charge in [0.1, 0.15) is 23.6 Å². The predicted molar refractivity (Wildman–Crippen MR) is 96.8 cm³/mol. The highest BCUT2D eigenvalue weighted by Gasteiger charge is 2.21. The molecule has 0 unspecified atom stereocenters. The zero-order valence-corrected chi connectivity index (χ0v) is 14.6. The summed E-state index contributed by atoms with van der Waals surface area (Å²) in [5, 5.41) is 4.49. The van der Waals surface area contributed by atoms with E-state index in [9.17, 15) is 4.79 Å². The fourth-order valence-corrected chi connectivity index (χ4v) is 2.80. The van der Waals surface area contributed by atoms with Gasteiger partial charge in [-0.3, -0.25) is 0 Å². The second-order valence-electron chi connectivity index (χ2n) is 5.85. The summed E-state index contributed by atoms with van der Waals surface area (Å²) in [6, 6.07) is 13.6. The number of nitrogens with zero attached hydrogens (tertiary/aromatic N) is 2. The van der Waals surface area contributed by atoms with E-state index < -0.39 is 5.97 Å². The first-order chi connectivity index (χ1) is 12.0. The fourth-order valence-electron chi connectivity index (χ4n) is 2.80. The Bertz CT molecular complexity index is 942. The molecule has 3 aromatic rings. The molecule has 0 atom stereocenters. The minimum absolute atomic E-state index is 0.405. The van der Waals surface area contributed by atoms with Crippen molar-refractivity contribution in [3.8, 4) is 5.75 Å². The molecule has 0 spiro atoms. The molecule has 2 heterocycles. The van der Waals surface area contributed by atoms with Gasteiger partial charge in [0.15, 0.2) is 0 Å². The SMILES string of the molecule is C=C(C)c1c(OCc2ccccc2)ccc2c(C(=O)OC)c(C)nn12. The quantitative estimate of drug-likeness (QED) is 0.660. The smallest absolute Gasteiger partial charge is 0.341 e. The van der Waals surface area contributed by atoms with Gasteiger partial charge in [-0.25, -0.2) is 9.31 Å². The molecule has 0 radical (unpaired) electrons. The van der Waals surface area contributed by atoms with E-state index >= 15 is 0 Å². The molecule has 0 saturated heterocycles. The number of allylic oxidation sites excluding steroid dienone is 1. The second kappa shape index (κ2) is 6.81. The molecule has 0 aliphatic rings. The summed E-state index contributed by atoms with van der Waals surface area (Å²) in [5.74, 6) is 0.265. The molecule has 0 N–H and O–H groups in total. The van der Waals surface area contributed by atoms with Crippen LogP contribution in [0.25, 0.3) is 11.1 Å². The molecular formula is C20H20N2O3. The first-order valence-electron chi connectivity index (χ1n) is 7.96. The highest BCUT2D eigenvalue weighted by Crippen LogP contribution is 2.29. The summed E-state index contributed by atoms with van der Waals surface area (Å²) >= 11 is 0. The molecule has 0 amide bonds. The molecule has 0 saturated carbocycles. The number of ether oxygens (including phenoxy) is 2. The van der Waals surface area contributed by atoms with Crippen LogP contribution in [0.2, 0.25) is 0 Å². The highest BCUT2D eigenvalue weighted by atomic mass is 16.5. The van der Waals surface area contributed by atoms with Gasteiger partial charge in [0.25, 0.3) is 0 Å². The fraction of sp³-hybridized carbons (Fsp3) is 0.200. The number of hydrogen-bond donors (Lipinski definition) is 0. The molecule has 0 aliphatic carbocycles. The van der Waals surface area contributed by atoms with Crippen LogP contribution in [-0.2, 0) is 11.3 Å². The molecule has 25 heavy (non-hydrogen) atoms. The van der Waals surface area contributed by atoms with Crippen LogP contribution in [0, 0.1) is 6.92 Å². The zero-order valence-electron chi connectivity index (χ0n) is 14.6. The molecule has 0 aliphatic heterocycles. The second-order valence-corrected chi connectivity index (χ2v) is 5.85. The van der Waals surface area contributed by atoms with Crippen molar-refractivity contribution in [2.45, 2.75) is 20.5 Å². The minimum Gasteiger partial charge on any atom is -0.487 e. The molecule has 3 rings (SSSR count).